The first-order chi connectivity index (χ1) is 7.50. The topological polar surface area (TPSA) is 69.2 Å². The van der Waals surface area contributed by atoms with Crippen LogP contribution in [0.2, 0.25) is 0 Å². The molecule has 1 atom stereocenters. The van der Waals surface area contributed by atoms with Gasteiger partial charge in [0.05, 0.1) is 12.0 Å². The van der Waals surface area contributed by atoms with Crippen molar-refractivity contribution in [3.63, 3.8) is 0 Å². The van der Waals surface area contributed by atoms with Gasteiger partial charge < -0.3 is 15.2 Å². The monoisotopic (exact) mass is 224 g/mol. The summed E-state index contributed by atoms with van der Waals surface area (Å²) in [7, 11) is 0. The molecule has 1 aromatic carbocycles. The summed E-state index contributed by atoms with van der Waals surface area (Å²) in [6.07, 6.45) is -0.130. The predicted octanol–water partition coefficient (Wildman–Crippen LogP) is -0.377. The van der Waals surface area contributed by atoms with E-state index in [0.29, 0.717) is 0 Å². The minimum atomic E-state index is -1.43. The summed E-state index contributed by atoms with van der Waals surface area (Å²) >= 11 is 0. The molecule has 0 heterocycles. The molecule has 5 heteroatoms. The van der Waals surface area contributed by atoms with Crippen LogP contribution in [0.5, 0.6) is 0 Å². The normalized spacial score (nSPS) is 11.9. The minimum absolute atomic E-state index is 0.130. The van der Waals surface area contributed by atoms with E-state index in [-0.39, 0.29) is 12.0 Å². The Labute approximate surface area is 92.1 Å². The van der Waals surface area contributed by atoms with E-state index in [1.54, 1.807) is 6.07 Å². The number of benzene rings is 1. The lowest BCUT2D eigenvalue weighted by molar-refractivity contribution is -0.308. The lowest BCUT2D eigenvalue weighted by atomic mass is 10.1. The first kappa shape index (κ1) is 12.2. The second kappa shape index (κ2) is 5.25. The van der Waals surface area contributed by atoms with Crippen LogP contribution in [0, 0.1) is 5.82 Å². The number of aliphatic carboxylic acids is 1. The van der Waals surface area contributed by atoms with Gasteiger partial charge in [-0.25, -0.2) is 4.39 Å². The molecule has 0 aliphatic heterocycles. The molecule has 0 spiro atoms. The van der Waals surface area contributed by atoms with E-state index >= 15 is 0 Å². The molecule has 4 nitrogen and oxygen atoms in total. The molecule has 0 fully saturated rings. The molecule has 1 amide bonds. The molecule has 0 bridgehead atoms. The van der Waals surface area contributed by atoms with Gasteiger partial charge in [0.1, 0.15) is 5.82 Å². The largest absolute Gasteiger partial charge is 0.548 e. The van der Waals surface area contributed by atoms with Crippen LogP contribution < -0.4 is 10.4 Å². The third kappa shape index (κ3) is 3.34. The molecular formula is C11H11FNO3-. The maximum atomic E-state index is 13.2. The lowest BCUT2D eigenvalue weighted by Gasteiger charge is -2.18. The van der Waals surface area contributed by atoms with Gasteiger partial charge >= 0.3 is 0 Å². The highest BCUT2D eigenvalue weighted by atomic mass is 19.1. The van der Waals surface area contributed by atoms with E-state index in [9.17, 15) is 19.1 Å². The summed E-state index contributed by atoms with van der Waals surface area (Å²) < 4.78 is 13.2. The Morgan fingerprint density at radius 3 is 2.56 bits per heavy atom. The Kier molecular flexibility index (Phi) is 3.99. The van der Waals surface area contributed by atoms with E-state index in [1.165, 1.54) is 25.1 Å². The summed E-state index contributed by atoms with van der Waals surface area (Å²) in [6, 6.07) is 4.58. The van der Waals surface area contributed by atoms with Gasteiger partial charge in [-0.2, -0.15) is 0 Å². The molecule has 16 heavy (non-hydrogen) atoms. The number of carboxylic acid groups (broad SMARTS) is 1. The molecule has 0 aliphatic rings. The van der Waals surface area contributed by atoms with Gasteiger partial charge in [0.25, 0.3) is 0 Å². The number of carboxylic acids is 1. The molecule has 1 rings (SSSR count). The number of rotatable bonds is 4. The maximum absolute atomic E-state index is 13.2. The highest BCUT2D eigenvalue weighted by molar-refractivity contribution is 5.81. The Hall–Kier alpha value is -1.91. The average molecular weight is 224 g/mol. The third-order valence-electron chi connectivity index (χ3n) is 2.04. The number of hydrogen-bond donors (Lipinski definition) is 1. The Morgan fingerprint density at radius 2 is 2.06 bits per heavy atom. The van der Waals surface area contributed by atoms with Crippen LogP contribution in [0.25, 0.3) is 0 Å². The smallest absolute Gasteiger partial charge is 0.217 e. The van der Waals surface area contributed by atoms with Crippen molar-refractivity contribution < 1.29 is 19.1 Å². The van der Waals surface area contributed by atoms with Gasteiger partial charge in [0.15, 0.2) is 0 Å². The van der Waals surface area contributed by atoms with Gasteiger partial charge in [-0.1, -0.05) is 18.2 Å². The van der Waals surface area contributed by atoms with Crippen LogP contribution in [-0.4, -0.2) is 17.9 Å². The molecule has 0 aliphatic carbocycles. The molecule has 0 aromatic heterocycles. The van der Waals surface area contributed by atoms with Crippen molar-refractivity contribution in [3.8, 4) is 0 Å². The fourth-order valence-corrected chi connectivity index (χ4v) is 1.32. The van der Waals surface area contributed by atoms with E-state index in [1.807, 2.05) is 0 Å². The Morgan fingerprint density at radius 1 is 1.44 bits per heavy atom. The summed E-state index contributed by atoms with van der Waals surface area (Å²) in [5, 5.41) is 12.9. The van der Waals surface area contributed by atoms with E-state index in [0.717, 1.165) is 0 Å². The first-order valence-electron chi connectivity index (χ1n) is 4.72. The minimum Gasteiger partial charge on any atom is -0.548 e. The fourth-order valence-electron chi connectivity index (χ4n) is 1.32. The molecular weight excluding hydrogens is 213 g/mol. The van der Waals surface area contributed by atoms with Crippen molar-refractivity contribution in [3.05, 3.63) is 35.6 Å². The zero-order chi connectivity index (χ0) is 12.1. The van der Waals surface area contributed by atoms with Crippen molar-refractivity contribution in [2.75, 3.05) is 0 Å². The predicted molar refractivity (Wildman–Crippen MR) is 52.7 cm³/mol. The Bertz CT molecular complexity index is 406. The Balaban J connectivity index is 2.80. The number of carbonyl (C=O) groups is 2. The second-order valence-corrected chi connectivity index (χ2v) is 3.37. The fraction of sp³-hybridized carbons (Fsp3) is 0.273. The highest BCUT2D eigenvalue weighted by Crippen LogP contribution is 2.08. The molecule has 0 unspecified atom stereocenters. The van der Waals surface area contributed by atoms with E-state index < -0.39 is 23.7 Å². The molecule has 0 radical (unpaired) electrons. The lowest BCUT2D eigenvalue weighted by Crippen LogP contribution is -2.48. The molecule has 1 N–H and O–H groups in total. The van der Waals surface area contributed by atoms with Crippen molar-refractivity contribution in [2.24, 2.45) is 0 Å². The molecule has 1 aromatic rings. The summed E-state index contributed by atoms with van der Waals surface area (Å²) in [5.41, 5.74) is 0.227. The van der Waals surface area contributed by atoms with Gasteiger partial charge in [0, 0.05) is 13.3 Å². The summed E-state index contributed by atoms with van der Waals surface area (Å²) in [5.74, 6) is -2.43. The number of halogens is 1. The first-order valence-corrected chi connectivity index (χ1v) is 4.72. The molecule has 0 saturated carbocycles. The standard InChI is InChI=1S/C11H12FNO3/c1-7(14)13-10(11(15)16)6-8-4-2-3-5-9(8)12/h2-5,10H,6H2,1H3,(H,13,14)(H,15,16)/p-1/t10-/m1/s1. The van der Waals surface area contributed by atoms with Crippen LogP contribution >= 0.6 is 0 Å². The number of nitrogens with one attached hydrogen (secondary N) is 1. The van der Waals surface area contributed by atoms with E-state index in [2.05, 4.69) is 5.32 Å². The van der Waals surface area contributed by atoms with E-state index in [4.69, 9.17) is 0 Å². The van der Waals surface area contributed by atoms with Gasteiger partial charge in [-0.3, -0.25) is 4.79 Å². The van der Waals surface area contributed by atoms with Crippen molar-refractivity contribution in [1.82, 2.24) is 5.32 Å². The van der Waals surface area contributed by atoms with Crippen molar-refractivity contribution >= 4 is 11.9 Å². The second-order valence-electron chi connectivity index (χ2n) is 3.37. The number of amides is 1. The SMILES string of the molecule is CC(=O)N[C@H](Cc1ccccc1F)C(=O)[O-]. The van der Waals surface area contributed by atoms with Crippen LogP contribution in [0.4, 0.5) is 4.39 Å². The summed E-state index contributed by atoms with van der Waals surface area (Å²) in [6.45, 7) is 1.19. The zero-order valence-electron chi connectivity index (χ0n) is 8.70. The van der Waals surface area contributed by atoms with Gasteiger partial charge in [-0.15, -0.1) is 0 Å². The van der Waals surface area contributed by atoms with Gasteiger partial charge in [-0.05, 0) is 11.6 Å². The summed E-state index contributed by atoms with van der Waals surface area (Å²) in [4.78, 5) is 21.4. The van der Waals surface area contributed by atoms with Crippen LogP contribution in [0.3, 0.4) is 0 Å². The van der Waals surface area contributed by atoms with Crippen molar-refractivity contribution in [2.45, 2.75) is 19.4 Å². The maximum Gasteiger partial charge on any atom is 0.217 e. The van der Waals surface area contributed by atoms with Crippen LogP contribution in [0.15, 0.2) is 24.3 Å². The number of carbonyl (C=O) groups excluding carboxylic acids is 2. The van der Waals surface area contributed by atoms with Crippen LogP contribution in [-0.2, 0) is 16.0 Å². The third-order valence-corrected chi connectivity index (χ3v) is 2.04. The van der Waals surface area contributed by atoms with Gasteiger partial charge in [0.2, 0.25) is 5.91 Å². The highest BCUT2D eigenvalue weighted by Gasteiger charge is 2.13. The molecule has 86 valence electrons. The average Bonchev–Trinajstić information content (AvgIpc) is 2.19. The number of hydrogen-bond acceptors (Lipinski definition) is 3. The van der Waals surface area contributed by atoms with Crippen molar-refractivity contribution in [1.29, 1.82) is 0 Å². The quantitative estimate of drug-likeness (QED) is 0.758. The molecule has 0 saturated heterocycles. The zero-order valence-corrected chi connectivity index (χ0v) is 8.70. The van der Waals surface area contributed by atoms with Crippen LogP contribution in [0.1, 0.15) is 12.5 Å².